The minimum absolute atomic E-state index is 0. The van der Waals surface area contributed by atoms with Gasteiger partial charge in [0.25, 0.3) is 0 Å². The first-order valence-corrected chi connectivity index (χ1v) is 11.2. The third kappa shape index (κ3) is 10.8. The number of allylic oxidation sites excluding steroid dienone is 3. The average Bonchev–Trinajstić information content (AvgIpc) is 2.54. The first kappa shape index (κ1) is 23.3. The fourth-order valence-corrected chi connectivity index (χ4v) is 3.98. The van der Waals surface area contributed by atoms with Crippen LogP contribution < -0.4 is 24.8 Å². The molecule has 0 atom stereocenters. The Hall–Kier alpha value is 1.18. The summed E-state index contributed by atoms with van der Waals surface area (Å²) in [6, 6.07) is 0. The van der Waals surface area contributed by atoms with Crippen LogP contribution in [0.2, 0.25) is 13.1 Å². The van der Waals surface area contributed by atoms with E-state index in [0.717, 1.165) is 10.9 Å². The van der Waals surface area contributed by atoms with Gasteiger partial charge in [0.1, 0.15) is 5.70 Å². The van der Waals surface area contributed by atoms with Crippen LogP contribution in [0.1, 0.15) is 6.42 Å². The number of quaternary nitrogens is 1. The molecule has 1 aliphatic rings. The molecule has 0 aromatic rings. The normalized spacial score (nSPS) is 13.0. The first-order chi connectivity index (χ1) is 6.94. The van der Waals surface area contributed by atoms with Gasteiger partial charge in [-0.2, -0.15) is 0 Å². The molecule has 0 radical (unpaired) electrons. The van der Waals surface area contributed by atoms with E-state index in [1.54, 1.807) is 24.9 Å². The molecule has 0 aromatic heterocycles. The number of hydrogen-bond donors (Lipinski definition) is 0. The van der Waals surface area contributed by atoms with Gasteiger partial charge in [-0.25, -0.2) is 0 Å². The minimum Gasteiger partial charge on any atom is -1.00 e. The molecule has 17 heavy (non-hydrogen) atoms. The van der Waals surface area contributed by atoms with Crippen molar-refractivity contribution >= 4 is 14.6 Å². The van der Waals surface area contributed by atoms with Crippen molar-refractivity contribution < 1.29 is 53.1 Å². The van der Waals surface area contributed by atoms with Crippen LogP contribution in [0.3, 0.4) is 0 Å². The van der Waals surface area contributed by atoms with E-state index < -0.39 is 8.80 Å². The standard InChI is InChI=1S/C10H20NSi.2ClH.OP.Ti/c1-11(2,9-12(3)4)10-7-5-6-8-10;;;1-2;/h5-7,12H,8-9H2,1-4H3;2*1H;;/q+1;;;-1;+2/p-2. The van der Waals surface area contributed by atoms with Gasteiger partial charge < -0.3 is 29.3 Å². The summed E-state index contributed by atoms with van der Waals surface area (Å²) in [5, 5.41) is 0. The van der Waals surface area contributed by atoms with Gasteiger partial charge in [0.05, 0.1) is 29.1 Å². The Morgan fingerprint density at radius 1 is 1.41 bits per heavy atom. The summed E-state index contributed by atoms with van der Waals surface area (Å²) in [5.74, 6) is 0.167. The monoisotopic (exact) mass is 347 g/mol. The van der Waals surface area contributed by atoms with Crippen molar-refractivity contribution in [2.24, 2.45) is 0 Å². The van der Waals surface area contributed by atoms with Crippen molar-refractivity contribution in [3.8, 4) is 0 Å². The SMILES string of the molecule is C[SiH](C)C[N+](C)(C)C1=CC=CC1.O=[P]#[Ti+].[Cl-].[Cl-]. The molecule has 0 aliphatic heterocycles. The van der Waals surface area contributed by atoms with Crippen molar-refractivity contribution in [2.75, 3.05) is 20.3 Å². The molecule has 1 aliphatic carbocycles. The van der Waals surface area contributed by atoms with Gasteiger partial charge in [-0.1, -0.05) is 25.2 Å². The number of halogens is 2. The maximum atomic E-state index is 8.90. The van der Waals surface area contributed by atoms with E-state index in [1.807, 2.05) is 0 Å². The average molecular weight is 348 g/mol. The van der Waals surface area contributed by atoms with E-state index in [2.05, 4.69) is 45.4 Å². The molecule has 0 aromatic carbocycles. The largest absolute Gasteiger partial charge is 1.00 e. The van der Waals surface area contributed by atoms with Crippen LogP contribution in [0.15, 0.2) is 23.9 Å². The number of nitrogens with zero attached hydrogens (tertiary/aromatic N) is 1. The van der Waals surface area contributed by atoms with Crippen LogP contribution in [0.4, 0.5) is 0 Å². The summed E-state index contributed by atoms with van der Waals surface area (Å²) < 4.78 is 10.0. The van der Waals surface area contributed by atoms with Gasteiger partial charge in [-0.3, -0.25) is 0 Å². The molecule has 0 saturated carbocycles. The molecule has 0 bridgehead atoms. The number of hydrogen-bond acceptors (Lipinski definition) is 1. The fraction of sp³-hybridized carbons (Fsp3) is 0.600. The summed E-state index contributed by atoms with van der Waals surface area (Å²) >= 11 is 1.54. The molecule has 98 valence electrons. The summed E-state index contributed by atoms with van der Waals surface area (Å²) in [6.07, 6.45) is 9.23. The molecule has 0 fully saturated rings. The molecule has 0 unspecified atom stereocenters. The Balaban J connectivity index is -0.000000356. The maximum absolute atomic E-state index is 8.90. The second kappa shape index (κ2) is 12.2. The van der Waals surface area contributed by atoms with E-state index in [9.17, 15) is 0 Å². The van der Waals surface area contributed by atoms with Crippen molar-refractivity contribution in [1.29, 1.82) is 0 Å². The van der Waals surface area contributed by atoms with Crippen LogP contribution >= 0.6 is 5.77 Å². The minimum atomic E-state index is -0.448. The number of rotatable bonds is 3. The van der Waals surface area contributed by atoms with Gasteiger partial charge in [-0.15, -0.1) is 0 Å². The molecule has 1 rings (SSSR count). The second-order valence-electron chi connectivity index (χ2n) is 4.64. The predicted molar refractivity (Wildman–Crippen MR) is 65.3 cm³/mol. The molecule has 0 spiro atoms. The van der Waals surface area contributed by atoms with Gasteiger partial charge in [0.2, 0.25) is 0 Å². The molecular formula is C10H20Cl2NOPSiTi. The summed E-state index contributed by atoms with van der Waals surface area (Å²) in [5.41, 5.74) is 1.57. The first-order valence-electron chi connectivity index (χ1n) is 5.12. The van der Waals surface area contributed by atoms with Crippen LogP contribution in [0.5, 0.6) is 0 Å². The van der Waals surface area contributed by atoms with E-state index in [-0.39, 0.29) is 30.6 Å². The van der Waals surface area contributed by atoms with E-state index in [1.165, 1.54) is 6.17 Å². The van der Waals surface area contributed by atoms with Crippen LogP contribution in [-0.4, -0.2) is 33.5 Å². The summed E-state index contributed by atoms with van der Waals surface area (Å²) in [4.78, 5) is 0. The van der Waals surface area contributed by atoms with Gasteiger partial charge >= 0.3 is 29.5 Å². The zero-order chi connectivity index (χ0) is 11.9. The third-order valence-electron chi connectivity index (χ3n) is 2.35. The topological polar surface area (TPSA) is 17.1 Å². The fourth-order valence-electron chi connectivity index (χ4n) is 1.91. The predicted octanol–water partition coefficient (Wildman–Crippen LogP) is -3.32. The molecule has 0 amide bonds. The zero-order valence-corrected chi connectivity index (χ0v) is 15.9. The van der Waals surface area contributed by atoms with E-state index in [4.69, 9.17) is 4.57 Å². The molecule has 0 N–H and O–H groups in total. The molecule has 2 nitrogen and oxygen atoms in total. The Morgan fingerprint density at radius 2 is 1.88 bits per heavy atom. The Labute approximate surface area is 131 Å². The van der Waals surface area contributed by atoms with Crippen molar-refractivity contribution in [1.82, 2.24) is 0 Å². The maximum Gasteiger partial charge on any atom is -1.00 e. The summed E-state index contributed by atoms with van der Waals surface area (Å²) in [7, 11) is 4.20. The van der Waals surface area contributed by atoms with Gasteiger partial charge in [0, 0.05) is 6.42 Å². The van der Waals surface area contributed by atoms with Crippen molar-refractivity contribution in [3.05, 3.63) is 23.9 Å². The van der Waals surface area contributed by atoms with Crippen LogP contribution in [-0.2, 0) is 23.8 Å². The Bertz CT molecular complexity index is 344. The van der Waals surface area contributed by atoms with E-state index >= 15 is 0 Å². The second-order valence-corrected chi connectivity index (χ2v) is 8.83. The zero-order valence-electron chi connectivity index (χ0n) is 10.8. The molecular weight excluding hydrogens is 328 g/mol. The molecule has 0 saturated heterocycles. The van der Waals surface area contributed by atoms with Crippen molar-refractivity contribution in [2.45, 2.75) is 19.5 Å². The van der Waals surface area contributed by atoms with Crippen molar-refractivity contribution in [3.63, 3.8) is 0 Å². The van der Waals surface area contributed by atoms with E-state index in [0.29, 0.717) is 0 Å². The smallest absolute Gasteiger partial charge is 1.00 e. The third-order valence-corrected chi connectivity index (χ3v) is 3.99. The summed E-state index contributed by atoms with van der Waals surface area (Å²) in [6.45, 7) is 4.84. The molecule has 0 heterocycles. The Morgan fingerprint density at radius 3 is 2.18 bits per heavy atom. The molecule has 7 heteroatoms. The van der Waals surface area contributed by atoms with Crippen LogP contribution in [0, 0.1) is 0 Å². The quantitative estimate of drug-likeness (QED) is 0.297. The van der Waals surface area contributed by atoms with Gasteiger partial charge in [0.15, 0.2) is 0 Å². The Kier molecular flexibility index (Phi) is 16.7. The van der Waals surface area contributed by atoms with Crippen LogP contribution in [0.25, 0.3) is 0 Å². The van der Waals surface area contributed by atoms with Gasteiger partial charge in [-0.05, 0) is 6.08 Å².